The molecule has 0 radical (unpaired) electrons. The van der Waals surface area contributed by atoms with Crippen molar-refractivity contribution >= 4 is 34.5 Å². The summed E-state index contributed by atoms with van der Waals surface area (Å²) in [6, 6.07) is 27.3. The Hall–Kier alpha value is -3.77. The highest BCUT2D eigenvalue weighted by atomic mass is 32.1. The summed E-state index contributed by atoms with van der Waals surface area (Å²) in [6.07, 6.45) is 0.640. The standard InChI is InChI=1S/C29H27N3O2S/c1-19-18-26(32(21(3)33)23-14-8-5-9-15-23)24-16-10-11-17-25(24)31(19)29(34)27-20(2)30-28(35-27)22-12-6-4-7-13-22/h4-17,19,26H,18H2,1-3H3/t19-,26+/m1/s1. The van der Waals surface area contributed by atoms with Crippen molar-refractivity contribution in [1.29, 1.82) is 0 Å². The van der Waals surface area contributed by atoms with Crippen LogP contribution in [0.15, 0.2) is 84.9 Å². The van der Waals surface area contributed by atoms with Crippen LogP contribution in [0.5, 0.6) is 0 Å². The van der Waals surface area contributed by atoms with E-state index in [1.807, 2.05) is 102 Å². The van der Waals surface area contributed by atoms with Gasteiger partial charge in [0.1, 0.15) is 9.88 Å². The van der Waals surface area contributed by atoms with E-state index in [0.29, 0.717) is 11.3 Å². The lowest BCUT2D eigenvalue weighted by Crippen LogP contribution is -2.47. The number of aryl methyl sites for hydroxylation is 1. The Morgan fingerprint density at radius 1 is 0.943 bits per heavy atom. The smallest absolute Gasteiger partial charge is 0.270 e. The molecule has 1 aliphatic heterocycles. The molecule has 0 saturated carbocycles. The van der Waals surface area contributed by atoms with Gasteiger partial charge in [0.2, 0.25) is 5.91 Å². The lowest BCUT2D eigenvalue weighted by molar-refractivity contribution is -0.117. The largest absolute Gasteiger partial charge is 0.305 e. The van der Waals surface area contributed by atoms with Crippen LogP contribution in [0.25, 0.3) is 10.6 Å². The van der Waals surface area contributed by atoms with Crippen LogP contribution in [-0.4, -0.2) is 22.8 Å². The molecule has 0 bridgehead atoms. The third-order valence-electron chi connectivity index (χ3n) is 6.48. The number of hydrogen-bond acceptors (Lipinski definition) is 4. The van der Waals surface area contributed by atoms with E-state index in [1.165, 1.54) is 11.3 Å². The summed E-state index contributed by atoms with van der Waals surface area (Å²) in [7, 11) is 0. The molecule has 2 atom stereocenters. The lowest BCUT2D eigenvalue weighted by Gasteiger charge is -2.43. The number of anilines is 2. The molecule has 0 unspecified atom stereocenters. The van der Waals surface area contributed by atoms with Gasteiger partial charge in [0, 0.05) is 29.9 Å². The van der Waals surface area contributed by atoms with Crippen LogP contribution in [0.3, 0.4) is 0 Å². The Kier molecular flexibility index (Phi) is 6.22. The number of para-hydroxylation sites is 2. The highest BCUT2D eigenvalue weighted by Gasteiger charge is 2.39. The minimum Gasteiger partial charge on any atom is -0.305 e. The molecule has 176 valence electrons. The summed E-state index contributed by atoms with van der Waals surface area (Å²) < 4.78 is 0. The third kappa shape index (κ3) is 4.26. The highest BCUT2D eigenvalue weighted by molar-refractivity contribution is 7.17. The average Bonchev–Trinajstić information content (AvgIpc) is 3.26. The van der Waals surface area contributed by atoms with Crippen LogP contribution in [0.1, 0.15) is 47.2 Å². The average molecular weight is 482 g/mol. The van der Waals surface area contributed by atoms with Gasteiger partial charge in [-0.25, -0.2) is 4.98 Å². The Bertz CT molecular complexity index is 1370. The summed E-state index contributed by atoms with van der Waals surface area (Å²) in [5, 5.41) is 0.842. The van der Waals surface area contributed by atoms with Crippen molar-refractivity contribution in [3.63, 3.8) is 0 Å². The molecule has 3 aromatic carbocycles. The molecule has 2 heterocycles. The van der Waals surface area contributed by atoms with Crippen molar-refractivity contribution < 1.29 is 9.59 Å². The predicted molar refractivity (Wildman–Crippen MR) is 142 cm³/mol. The number of fused-ring (bicyclic) bond motifs is 1. The van der Waals surface area contributed by atoms with Crippen molar-refractivity contribution in [2.45, 2.75) is 39.3 Å². The van der Waals surface area contributed by atoms with Crippen molar-refractivity contribution in [3.05, 3.63) is 101 Å². The van der Waals surface area contributed by atoms with Gasteiger partial charge in [0.05, 0.1) is 11.7 Å². The molecule has 4 aromatic rings. The Labute approximate surface area is 209 Å². The normalized spacial score (nSPS) is 17.1. The van der Waals surface area contributed by atoms with Gasteiger partial charge in [0.15, 0.2) is 0 Å². The molecular formula is C29H27N3O2S. The van der Waals surface area contributed by atoms with Crippen LogP contribution in [0.4, 0.5) is 11.4 Å². The zero-order valence-electron chi connectivity index (χ0n) is 20.0. The van der Waals surface area contributed by atoms with E-state index in [0.717, 1.165) is 33.2 Å². The molecule has 5 rings (SSSR count). The van der Waals surface area contributed by atoms with Gasteiger partial charge in [-0.1, -0.05) is 66.7 Å². The van der Waals surface area contributed by atoms with Gasteiger partial charge in [0.25, 0.3) is 5.91 Å². The van der Waals surface area contributed by atoms with Crippen LogP contribution >= 0.6 is 11.3 Å². The minimum atomic E-state index is -0.160. The SMILES string of the molecule is CC(=O)N(c1ccccc1)[C@H]1C[C@@H](C)N(C(=O)c2sc(-c3ccccc3)nc2C)c2ccccc21. The maximum Gasteiger partial charge on any atom is 0.270 e. The van der Waals surface area contributed by atoms with Gasteiger partial charge < -0.3 is 9.80 Å². The van der Waals surface area contributed by atoms with Crippen molar-refractivity contribution in [2.24, 2.45) is 0 Å². The maximum absolute atomic E-state index is 13.9. The Morgan fingerprint density at radius 3 is 2.26 bits per heavy atom. The molecule has 0 saturated heterocycles. The number of rotatable bonds is 4. The predicted octanol–water partition coefficient (Wildman–Crippen LogP) is 6.65. The van der Waals surface area contributed by atoms with E-state index in [4.69, 9.17) is 4.98 Å². The topological polar surface area (TPSA) is 53.5 Å². The molecule has 1 aromatic heterocycles. The van der Waals surface area contributed by atoms with E-state index >= 15 is 0 Å². The first-order valence-corrected chi connectivity index (χ1v) is 12.6. The van der Waals surface area contributed by atoms with Gasteiger partial charge >= 0.3 is 0 Å². The van der Waals surface area contributed by atoms with E-state index in [1.54, 1.807) is 6.92 Å². The summed E-state index contributed by atoms with van der Waals surface area (Å²) >= 11 is 1.43. The zero-order valence-corrected chi connectivity index (χ0v) is 20.8. The highest BCUT2D eigenvalue weighted by Crippen LogP contribution is 2.43. The van der Waals surface area contributed by atoms with E-state index < -0.39 is 0 Å². The first-order valence-electron chi connectivity index (χ1n) is 11.8. The first kappa shape index (κ1) is 23.0. The monoisotopic (exact) mass is 481 g/mol. The van der Waals surface area contributed by atoms with Gasteiger partial charge in [-0.3, -0.25) is 9.59 Å². The van der Waals surface area contributed by atoms with Crippen LogP contribution < -0.4 is 9.80 Å². The van der Waals surface area contributed by atoms with Gasteiger partial charge in [-0.05, 0) is 44.0 Å². The summed E-state index contributed by atoms with van der Waals surface area (Å²) in [5.41, 5.74) is 4.42. The number of aromatic nitrogens is 1. The maximum atomic E-state index is 13.9. The molecule has 1 aliphatic rings. The van der Waals surface area contributed by atoms with Crippen molar-refractivity contribution in [1.82, 2.24) is 4.98 Å². The molecule has 0 N–H and O–H groups in total. The second-order valence-electron chi connectivity index (χ2n) is 8.86. The van der Waals surface area contributed by atoms with Crippen LogP contribution in [0, 0.1) is 6.92 Å². The van der Waals surface area contributed by atoms with Crippen molar-refractivity contribution in [2.75, 3.05) is 9.80 Å². The molecule has 0 fully saturated rings. The van der Waals surface area contributed by atoms with Crippen LogP contribution in [0.2, 0.25) is 0 Å². The first-order chi connectivity index (χ1) is 17.0. The number of carbonyl (C=O) groups excluding carboxylic acids is 2. The molecule has 0 aliphatic carbocycles. The molecule has 6 heteroatoms. The van der Waals surface area contributed by atoms with E-state index in [2.05, 4.69) is 6.92 Å². The number of thiazole rings is 1. The summed E-state index contributed by atoms with van der Waals surface area (Å²) in [4.78, 5) is 35.8. The number of nitrogens with zero attached hydrogens (tertiary/aromatic N) is 3. The molecule has 0 spiro atoms. The molecule has 5 nitrogen and oxygen atoms in total. The van der Waals surface area contributed by atoms with E-state index in [-0.39, 0.29) is 23.9 Å². The number of benzene rings is 3. The second-order valence-corrected chi connectivity index (χ2v) is 9.86. The van der Waals surface area contributed by atoms with Gasteiger partial charge in [-0.2, -0.15) is 0 Å². The zero-order chi connectivity index (χ0) is 24.5. The Morgan fingerprint density at radius 2 is 1.57 bits per heavy atom. The summed E-state index contributed by atoms with van der Waals surface area (Å²) in [6.45, 7) is 5.55. The van der Waals surface area contributed by atoms with Crippen LogP contribution in [-0.2, 0) is 4.79 Å². The lowest BCUT2D eigenvalue weighted by atomic mass is 9.89. The van der Waals surface area contributed by atoms with Crippen molar-refractivity contribution in [3.8, 4) is 10.6 Å². The fourth-order valence-corrected chi connectivity index (χ4v) is 5.92. The fraction of sp³-hybridized carbons (Fsp3) is 0.207. The van der Waals surface area contributed by atoms with Gasteiger partial charge in [-0.15, -0.1) is 11.3 Å². The Balaban J connectivity index is 1.55. The molecule has 2 amide bonds. The second kappa shape index (κ2) is 9.47. The minimum absolute atomic E-state index is 0.0196. The summed E-state index contributed by atoms with van der Waals surface area (Å²) in [5.74, 6) is -0.0662. The fourth-order valence-electron chi connectivity index (χ4n) is 4.91. The number of hydrogen-bond donors (Lipinski definition) is 0. The van der Waals surface area contributed by atoms with E-state index in [9.17, 15) is 9.59 Å². The number of amides is 2. The number of carbonyl (C=O) groups is 2. The molecule has 35 heavy (non-hydrogen) atoms. The quantitative estimate of drug-likeness (QED) is 0.328. The third-order valence-corrected chi connectivity index (χ3v) is 7.67. The molecular weight excluding hydrogens is 454 g/mol.